The summed E-state index contributed by atoms with van der Waals surface area (Å²) in [6.07, 6.45) is 2.11. The maximum atomic E-state index is 12.1. The van der Waals surface area contributed by atoms with Crippen molar-refractivity contribution in [3.63, 3.8) is 0 Å². The van der Waals surface area contributed by atoms with Gasteiger partial charge in [0, 0.05) is 45.7 Å². The Labute approximate surface area is 115 Å². The molecule has 2 rings (SSSR count). The zero-order valence-electron chi connectivity index (χ0n) is 11.2. The number of nitrogens with zero attached hydrogens (tertiary/aromatic N) is 2. The molecule has 1 saturated heterocycles. The highest BCUT2D eigenvalue weighted by Crippen LogP contribution is 2.22. The summed E-state index contributed by atoms with van der Waals surface area (Å²) in [5.41, 5.74) is -0.984. The Morgan fingerprint density at radius 2 is 2.25 bits per heavy atom. The van der Waals surface area contributed by atoms with Gasteiger partial charge < -0.3 is 19.7 Å². The second-order valence-corrected chi connectivity index (χ2v) is 5.03. The standard InChI is InChI=1S/C12H17N3O5/c1-14(8-12(17)2-4-20-5-3-12)11(16)10-6-9(7-13-10)15(18)19/h6-7,13,17H,2-5,8H2,1H3. The number of nitrogens with one attached hydrogen (secondary N) is 1. The van der Waals surface area contributed by atoms with Crippen molar-refractivity contribution in [1.29, 1.82) is 0 Å². The number of aliphatic hydroxyl groups is 1. The fourth-order valence-electron chi connectivity index (χ4n) is 2.24. The van der Waals surface area contributed by atoms with E-state index in [2.05, 4.69) is 4.98 Å². The molecule has 20 heavy (non-hydrogen) atoms. The quantitative estimate of drug-likeness (QED) is 0.619. The van der Waals surface area contributed by atoms with Crippen molar-refractivity contribution in [2.45, 2.75) is 18.4 Å². The number of aromatic nitrogens is 1. The zero-order valence-corrected chi connectivity index (χ0v) is 11.2. The number of rotatable bonds is 4. The lowest BCUT2D eigenvalue weighted by Gasteiger charge is -2.35. The number of amides is 1. The maximum Gasteiger partial charge on any atom is 0.287 e. The Morgan fingerprint density at radius 1 is 1.60 bits per heavy atom. The summed E-state index contributed by atoms with van der Waals surface area (Å²) in [7, 11) is 1.56. The first kappa shape index (κ1) is 14.5. The van der Waals surface area contributed by atoms with Gasteiger partial charge in [0.2, 0.25) is 0 Å². The first-order valence-electron chi connectivity index (χ1n) is 6.30. The summed E-state index contributed by atoms with van der Waals surface area (Å²) in [6.45, 7) is 1.10. The molecule has 1 fully saturated rings. The molecule has 0 spiro atoms. The van der Waals surface area contributed by atoms with Crippen LogP contribution in [-0.2, 0) is 4.74 Å². The summed E-state index contributed by atoms with van der Waals surface area (Å²) in [5, 5.41) is 20.9. The Bertz CT molecular complexity index is 507. The topological polar surface area (TPSA) is 109 Å². The van der Waals surface area contributed by atoms with E-state index in [0.717, 1.165) is 0 Å². The first-order chi connectivity index (χ1) is 9.41. The van der Waals surface area contributed by atoms with E-state index in [1.807, 2.05) is 0 Å². The van der Waals surface area contributed by atoms with Crippen molar-refractivity contribution in [2.75, 3.05) is 26.8 Å². The van der Waals surface area contributed by atoms with Crippen LogP contribution < -0.4 is 0 Å². The van der Waals surface area contributed by atoms with E-state index in [-0.39, 0.29) is 17.9 Å². The lowest BCUT2D eigenvalue weighted by atomic mass is 9.94. The second-order valence-electron chi connectivity index (χ2n) is 5.03. The van der Waals surface area contributed by atoms with E-state index in [1.54, 1.807) is 7.05 Å². The van der Waals surface area contributed by atoms with Gasteiger partial charge in [0.25, 0.3) is 11.6 Å². The van der Waals surface area contributed by atoms with Gasteiger partial charge >= 0.3 is 0 Å². The number of nitro groups is 1. The number of carbonyl (C=O) groups is 1. The molecule has 2 N–H and O–H groups in total. The van der Waals surface area contributed by atoms with Crippen LogP contribution in [0, 0.1) is 10.1 Å². The van der Waals surface area contributed by atoms with Gasteiger partial charge in [0.15, 0.2) is 0 Å². The molecule has 1 amide bonds. The Balaban J connectivity index is 2.02. The average molecular weight is 283 g/mol. The van der Waals surface area contributed by atoms with Gasteiger partial charge in [0.05, 0.1) is 16.7 Å². The number of carbonyl (C=O) groups excluding carboxylic acids is 1. The molecule has 0 saturated carbocycles. The highest BCUT2D eigenvalue weighted by molar-refractivity contribution is 5.93. The van der Waals surface area contributed by atoms with Gasteiger partial charge in [0.1, 0.15) is 5.69 Å². The number of H-pyrrole nitrogens is 1. The van der Waals surface area contributed by atoms with Crippen LogP contribution in [0.4, 0.5) is 5.69 Å². The maximum absolute atomic E-state index is 12.1. The van der Waals surface area contributed by atoms with Crippen LogP contribution >= 0.6 is 0 Å². The van der Waals surface area contributed by atoms with Crippen LogP contribution in [0.2, 0.25) is 0 Å². The summed E-state index contributed by atoms with van der Waals surface area (Å²) < 4.78 is 5.18. The van der Waals surface area contributed by atoms with Crippen LogP contribution in [0.25, 0.3) is 0 Å². The smallest absolute Gasteiger partial charge is 0.287 e. The van der Waals surface area contributed by atoms with Gasteiger partial charge in [-0.05, 0) is 0 Å². The lowest BCUT2D eigenvalue weighted by Crippen LogP contribution is -2.47. The van der Waals surface area contributed by atoms with Gasteiger partial charge in [-0.3, -0.25) is 14.9 Å². The fourth-order valence-corrected chi connectivity index (χ4v) is 2.24. The van der Waals surface area contributed by atoms with Crippen LogP contribution in [0.15, 0.2) is 12.3 Å². The van der Waals surface area contributed by atoms with E-state index in [9.17, 15) is 20.0 Å². The molecule has 0 aliphatic carbocycles. The van der Waals surface area contributed by atoms with Crippen LogP contribution in [-0.4, -0.2) is 58.2 Å². The Kier molecular flexibility index (Phi) is 4.05. The predicted octanol–water partition coefficient (Wildman–Crippen LogP) is 0.536. The van der Waals surface area contributed by atoms with E-state index < -0.39 is 16.4 Å². The molecule has 8 nitrogen and oxygen atoms in total. The third-order valence-corrected chi connectivity index (χ3v) is 3.41. The highest BCUT2D eigenvalue weighted by atomic mass is 16.6. The van der Waals surface area contributed by atoms with Crippen molar-refractivity contribution >= 4 is 11.6 Å². The largest absolute Gasteiger partial charge is 0.388 e. The summed E-state index contributed by atoms with van der Waals surface area (Å²) >= 11 is 0. The lowest BCUT2D eigenvalue weighted by molar-refractivity contribution is -0.384. The number of ether oxygens (including phenoxy) is 1. The first-order valence-corrected chi connectivity index (χ1v) is 6.30. The van der Waals surface area contributed by atoms with Crippen molar-refractivity contribution in [2.24, 2.45) is 0 Å². The highest BCUT2D eigenvalue weighted by Gasteiger charge is 2.33. The van der Waals surface area contributed by atoms with E-state index in [1.165, 1.54) is 17.2 Å². The molecule has 0 aromatic carbocycles. The van der Waals surface area contributed by atoms with Gasteiger partial charge in [-0.2, -0.15) is 0 Å². The summed E-state index contributed by atoms with van der Waals surface area (Å²) in [6, 6.07) is 1.19. The molecular formula is C12H17N3O5. The second kappa shape index (κ2) is 5.59. The summed E-state index contributed by atoms with van der Waals surface area (Å²) in [4.78, 5) is 26.1. The van der Waals surface area contributed by atoms with Crippen LogP contribution in [0.1, 0.15) is 23.3 Å². The Hall–Kier alpha value is -1.93. The molecular weight excluding hydrogens is 266 g/mol. The molecule has 8 heteroatoms. The number of aromatic amines is 1. The monoisotopic (exact) mass is 283 g/mol. The molecule has 110 valence electrons. The van der Waals surface area contributed by atoms with Gasteiger partial charge in [-0.15, -0.1) is 0 Å². The molecule has 0 bridgehead atoms. The SMILES string of the molecule is CN(CC1(O)CCOCC1)C(=O)c1cc([N+](=O)[O-])c[nH]1. The fraction of sp³-hybridized carbons (Fsp3) is 0.583. The normalized spacial score (nSPS) is 17.7. The molecule has 0 radical (unpaired) electrons. The van der Waals surface area contributed by atoms with Crippen molar-refractivity contribution in [3.8, 4) is 0 Å². The minimum Gasteiger partial charge on any atom is -0.388 e. The molecule has 2 heterocycles. The van der Waals surface area contributed by atoms with E-state index in [4.69, 9.17) is 4.74 Å². The molecule has 1 aromatic rings. The number of hydrogen-bond acceptors (Lipinski definition) is 5. The Morgan fingerprint density at radius 3 is 2.80 bits per heavy atom. The predicted molar refractivity (Wildman–Crippen MR) is 69.4 cm³/mol. The van der Waals surface area contributed by atoms with Crippen LogP contribution in [0.3, 0.4) is 0 Å². The molecule has 0 atom stereocenters. The van der Waals surface area contributed by atoms with Crippen molar-refractivity contribution < 1.29 is 19.6 Å². The third kappa shape index (κ3) is 3.14. The minimum absolute atomic E-state index is 0.134. The molecule has 1 aliphatic rings. The third-order valence-electron chi connectivity index (χ3n) is 3.41. The molecule has 0 unspecified atom stereocenters. The van der Waals surface area contributed by atoms with E-state index >= 15 is 0 Å². The molecule has 1 aromatic heterocycles. The molecule has 1 aliphatic heterocycles. The van der Waals surface area contributed by atoms with Gasteiger partial charge in [-0.25, -0.2) is 0 Å². The number of likely N-dealkylation sites (N-methyl/N-ethyl adjacent to an activating group) is 1. The summed E-state index contributed by atoms with van der Waals surface area (Å²) in [5.74, 6) is -0.391. The van der Waals surface area contributed by atoms with E-state index in [0.29, 0.717) is 26.1 Å². The zero-order chi connectivity index (χ0) is 14.8. The minimum atomic E-state index is -0.957. The van der Waals surface area contributed by atoms with Crippen molar-refractivity contribution in [3.05, 3.63) is 28.1 Å². The van der Waals surface area contributed by atoms with Gasteiger partial charge in [-0.1, -0.05) is 0 Å². The average Bonchev–Trinajstić information content (AvgIpc) is 2.87. The van der Waals surface area contributed by atoms with Crippen LogP contribution in [0.5, 0.6) is 0 Å². The number of hydrogen-bond donors (Lipinski definition) is 2. The van der Waals surface area contributed by atoms with Crippen molar-refractivity contribution in [1.82, 2.24) is 9.88 Å².